The van der Waals surface area contributed by atoms with Crippen molar-refractivity contribution < 1.29 is 33.3 Å². The maximum atomic E-state index is 11.8. The summed E-state index contributed by atoms with van der Waals surface area (Å²) in [6.07, 6.45) is 0.508. The summed E-state index contributed by atoms with van der Waals surface area (Å²) in [5.74, 6) is -0.401. The van der Waals surface area contributed by atoms with Crippen LogP contribution in [0.15, 0.2) is 30.3 Å². The number of rotatable bonds is 15. The Bertz CT molecular complexity index is 675. The van der Waals surface area contributed by atoms with Gasteiger partial charge in [-0.15, -0.1) is 0 Å². The predicted molar refractivity (Wildman–Crippen MR) is 119 cm³/mol. The average molecular weight is 453 g/mol. The molecule has 0 heterocycles. The van der Waals surface area contributed by atoms with E-state index >= 15 is 0 Å². The summed E-state index contributed by atoms with van der Waals surface area (Å²) in [7, 11) is 0. The van der Waals surface area contributed by atoms with E-state index in [9.17, 15) is 14.4 Å². The van der Waals surface area contributed by atoms with Crippen LogP contribution in [0.4, 0.5) is 4.79 Å². The summed E-state index contributed by atoms with van der Waals surface area (Å²) in [5.41, 5.74) is 0.423. The molecule has 0 saturated carbocycles. The van der Waals surface area contributed by atoms with Gasteiger partial charge in [-0.1, -0.05) is 30.3 Å². The molecule has 0 atom stereocenters. The third-order valence-corrected chi connectivity index (χ3v) is 3.87. The maximum absolute atomic E-state index is 11.8. The quantitative estimate of drug-likeness (QED) is 0.311. The van der Waals surface area contributed by atoms with Gasteiger partial charge in [-0.25, -0.2) is 4.79 Å². The normalized spacial score (nSPS) is 11.0. The topological polar surface area (TPSA) is 112 Å². The number of carbonyl (C=O) groups is 3. The second-order valence-corrected chi connectivity index (χ2v) is 8.00. The molecule has 0 aliphatic carbocycles. The van der Waals surface area contributed by atoms with E-state index in [0.717, 1.165) is 5.56 Å². The molecule has 9 heteroatoms. The minimum Gasteiger partial charge on any atom is -0.460 e. The largest absolute Gasteiger partial charge is 0.460 e. The molecule has 0 saturated heterocycles. The SMILES string of the molecule is CC(C)(C)OC(=O)CCOCCOCCNC(=O)CCCNC(=O)OCc1ccccc1. The molecule has 0 aromatic heterocycles. The molecule has 0 fully saturated rings. The molecule has 0 aliphatic rings. The summed E-state index contributed by atoms with van der Waals surface area (Å²) < 4.78 is 20.9. The van der Waals surface area contributed by atoms with Gasteiger partial charge in [0.15, 0.2) is 0 Å². The highest BCUT2D eigenvalue weighted by atomic mass is 16.6. The van der Waals surface area contributed by atoms with Gasteiger partial charge in [0.2, 0.25) is 5.91 Å². The van der Waals surface area contributed by atoms with E-state index in [1.165, 1.54) is 0 Å². The molecule has 180 valence electrons. The lowest BCUT2D eigenvalue weighted by atomic mass is 10.2. The third kappa shape index (κ3) is 16.1. The first-order chi connectivity index (χ1) is 15.3. The van der Waals surface area contributed by atoms with E-state index in [-0.39, 0.29) is 31.5 Å². The second-order valence-electron chi connectivity index (χ2n) is 8.00. The fraction of sp³-hybridized carbons (Fsp3) is 0.609. The third-order valence-electron chi connectivity index (χ3n) is 3.87. The summed E-state index contributed by atoms with van der Waals surface area (Å²) in [5, 5.41) is 5.36. The van der Waals surface area contributed by atoms with Gasteiger partial charge in [0.25, 0.3) is 0 Å². The Morgan fingerprint density at radius 1 is 0.844 bits per heavy atom. The van der Waals surface area contributed by atoms with E-state index in [2.05, 4.69) is 10.6 Å². The number of hydrogen-bond donors (Lipinski definition) is 2. The highest BCUT2D eigenvalue weighted by Crippen LogP contribution is 2.08. The Balaban J connectivity index is 1.88. The number of benzene rings is 1. The van der Waals surface area contributed by atoms with Crippen LogP contribution in [0.5, 0.6) is 0 Å². The van der Waals surface area contributed by atoms with Crippen LogP contribution in [0.1, 0.15) is 45.6 Å². The Kier molecular flexibility index (Phi) is 13.7. The fourth-order valence-electron chi connectivity index (χ4n) is 2.43. The van der Waals surface area contributed by atoms with E-state index < -0.39 is 11.7 Å². The highest BCUT2D eigenvalue weighted by Gasteiger charge is 2.15. The van der Waals surface area contributed by atoms with Gasteiger partial charge in [-0.3, -0.25) is 9.59 Å². The van der Waals surface area contributed by atoms with Gasteiger partial charge in [0.1, 0.15) is 12.2 Å². The Morgan fingerprint density at radius 3 is 2.22 bits per heavy atom. The summed E-state index contributed by atoms with van der Waals surface area (Å²) >= 11 is 0. The number of amides is 2. The predicted octanol–water partition coefficient (Wildman–Crippen LogP) is 2.57. The van der Waals surface area contributed by atoms with Crippen LogP contribution in [-0.4, -0.2) is 63.1 Å². The average Bonchev–Trinajstić information content (AvgIpc) is 2.73. The highest BCUT2D eigenvalue weighted by molar-refractivity contribution is 5.75. The van der Waals surface area contributed by atoms with Gasteiger partial charge in [0, 0.05) is 19.5 Å². The molecule has 2 N–H and O–H groups in total. The van der Waals surface area contributed by atoms with Crippen LogP contribution in [0.25, 0.3) is 0 Å². The molecule has 0 bridgehead atoms. The van der Waals surface area contributed by atoms with E-state index in [1.807, 2.05) is 51.1 Å². The molecule has 0 unspecified atom stereocenters. The van der Waals surface area contributed by atoms with Gasteiger partial charge < -0.3 is 29.6 Å². The lowest BCUT2D eigenvalue weighted by Gasteiger charge is -2.19. The van der Waals surface area contributed by atoms with Crippen molar-refractivity contribution in [3.8, 4) is 0 Å². The maximum Gasteiger partial charge on any atom is 0.407 e. The second kappa shape index (κ2) is 16.0. The van der Waals surface area contributed by atoms with Crippen molar-refractivity contribution in [1.29, 1.82) is 0 Å². The van der Waals surface area contributed by atoms with Gasteiger partial charge >= 0.3 is 12.1 Å². The molecular formula is C23H36N2O7. The lowest BCUT2D eigenvalue weighted by molar-refractivity contribution is -0.156. The standard InChI is InChI=1S/C23H36N2O7/c1-23(2,3)32-21(27)11-14-29-16-17-30-15-13-24-20(26)10-7-12-25-22(28)31-18-19-8-5-4-6-9-19/h4-6,8-9H,7,10-18H2,1-3H3,(H,24,26)(H,25,28). The first-order valence-corrected chi connectivity index (χ1v) is 10.8. The number of esters is 1. The molecule has 2 amide bonds. The summed E-state index contributed by atoms with van der Waals surface area (Å²) in [6, 6.07) is 9.40. The molecule has 9 nitrogen and oxygen atoms in total. The first-order valence-electron chi connectivity index (χ1n) is 10.8. The first kappa shape index (κ1) is 27.4. The zero-order valence-electron chi connectivity index (χ0n) is 19.3. The number of carbonyl (C=O) groups excluding carboxylic acids is 3. The van der Waals surface area contributed by atoms with Crippen LogP contribution in [0.3, 0.4) is 0 Å². The van der Waals surface area contributed by atoms with Gasteiger partial charge in [-0.05, 0) is 32.8 Å². The molecular weight excluding hydrogens is 416 g/mol. The zero-order chi connectivity index (χ0) is 23.7. The number of nitrogens with one attached hydrogen (secondary N) is 2. The number of hydrogen-bond acceptors (Lipinski definition) is 7. The van der Waals surface area contributed by atoms with Crippen molar-refractivity contribution in [2.75, 3.05) is 39.5 Å². The minimum absolute atomic E-state index is 0.110. The van der Waals surface area contributed by atoms with Gasteiger partial charge in [-0.2, -0.15) is 0 Å². The van der Waals surface area contributed by atoms with Crippen molar-refractivity contribution in [1.82, 2.24) is 10.6 Å². The lowest BCUT2D eigenvalue weighted by Crippen LogP contribution is -2.29. The molecule has 1 aromatic rings. The van der Waals surface area contributed by atoms with Crippen molar-refractivity contribution >= 4 is 18.0 Å². The minimum atomic E-state index is -0.504. The fourth-order valence-corrected chi connectivity index (χ4v) is 2.43. The summed E-state index contributed by atoms with van der Waals surface area (Å²) in [6.45, 7) is 7.80. The van der Waals surface area contributed by atoms with Crippen LogP contribution in [-0.2, 0) is 35.1 Å². The molecule has 32 heavy (non-hydrogen) atoms. The van der Waals surface area contributed by atoms with Crippen molar-refractivity contribution in [2.45, 2.75) is 52.2 Å². The molecule has 1 rings (SSSR count). The van der Waals surface area contributed by atoms with Crippen molar-refractivity contribution in [2.24, 2.45) is 0 Å². The Morgan fingerprint density at radius 2 is 1.53 bits per heavy atom. The molecule has 0 aliphatic heterocycles. The van der Waals surface area contributed by atoms with Crippen LogP contribution < -0.4 is 10.6 Å². The Hall–Kier alpha value is -2.65. The van der Waals surface area contributed by atoms with E-state index in [4.69, 9.17) is 18.9 Å². The van der Waals surface area contributed by atoms with E-state index in [0.29, 0.717) is 45.8 Å². The van der Waals surface area contributed by atoms with Crippen LogP contribution in [0, 0.1) is 0 Å². The molecule has 0 radical (unpaired) electrons. The summed E-state index contributed by atoms with van der Waals surface area (Å²) in [4.78, 5) is 34.9. The molecule has 0 spiro atoms. The van der Waals surface area contributed by atoms with Crippen LogP contribution >= 0.6 is 0 Å². The smallest absolute Gasteiger partial charge is 0.407 e. The van der Waals surface area contributed by atoms with Crippen molar-refractivity contribution in [3.63, 3.8) is 0 Å². The van der Waals surface area contributed by atoms with E-state index in [1.54, 1.807) is 0 Å². The van der Waals surface area contributed by atoms with Crippen LogP contribution in [0.2, 0.25) is 0 Å². The number of alkyl carbamates (subject to hydrolysis) is 1. The van der Waals surface area contributed by atoms with Gasteiger partial charge in [0.05, 0.1) is 32.8 Å². The monoisotopic (exact) mass is 452 g/mol. The number of ether oxygens (including phenoxy) is 4. The Labute approximate surface area is 190 Å². The molecule has 1 aromatic carbocycles. The van der Waals surface area contributed by atoms with Crippen molar-refractivity contribution in [3.05, 3.63) is 35.9 Å². The zero-order valence-corrected chi connectivity index (χ0v) is 19.3.